The van der Waals surface area contributed by atoms with Crippen molar-refractivity contribution in [3.05, 3.63) is 11.6 Å². The molecule has 5 aliphatic rings. The molecule has 5 rings (SSSR count). The minimum absolute atomic E-state index is 0.0298. The standard InChI is InChI=1S/C30H44O4/c1-18(2)16-19(31)17-29(7)23-11-14-28(6)21-8-9-22-26(3,4)24(32)12-13-27(22,5)20(21)10-15-30(23,28)25(33)34-29/h10,18,21-23H,8-9,11-17H2,1-7H3/t21-,22?,23-,27-,28+,29+,30-/m1/s1. The van der Waals surface area contributed by atoms with Gasteiger partial charge in [0.25, 0.3) is 0 Å². The molecule has 188 valence electrons. The number of rotatable bonds is 4. The summed E-state index contributed by atoms with van der Waals surface area (Å²) in [6.07, 6.45) is 9.68. The number of hydrogen-bond acceptors (Lipinski definition) is 4. The van der Waals surface area contributed by atoms with E-state index >= 15 is 0 Å². The summed E-state index contributed by atoms with van der Waals surface area (Å²) in [6, 6.07) is 0. The number of fused-ring (bicyclic) bond motifs is 4. The molecule has 1 aliphatic heterocycles. The van der Waals surface area contributed by atoms with E-state index in [2.05, 4.69) is 47.6 Å². The lowest BCUT2D eigenvalue weighted by Gasteiger charge is -2.61. The van der Waals surface area contributed by atoms with Crippen molar-refractivity contribution in [1.29, 1.82) is 0 Å². The van der Waals surface area contributed by atoms with Gasteiger partial charge in [0.2, 0.25) is 0 Å². The second-order valence-electron chi connectivity index (χ2n) is 14.1. The van der Waals surface area contributed by atoms with Crippen LogP contribution in [0.4, 0.5) is 0 Å². The first-order chi connectivity index (χ1) is 15.7. The molecule has 0 aromatic heterocycles. The molecule has 4 heteroatoms. The van der Waals surface area contributed by atoms with E-state index in [0.717, 1.165) is 38.5 Å². The quantitative estimate of drug-likeness (QED) is 0.351. The SMILES string of the molecule is CC(C)CC(=O)C[C@]1(C)OC(=O)[C@]23CC=C4[C@@H](CCC5C(C)(C)C(=O)CC[C@]45C)[C@]2(C)CC[C@@H]31. The van der Waals surface area contributed by atoms with Gasteiger partial charge >= 0.3 is 5.97 Å². The molecule has 1 heterocycles. The van der Waals surface area contributed by atoms with E-state index in [0.29, 0.717) is 42.8 Å². The van der Waals surface area contributed by atoms with Crippen LogP contribution < -0.4 is 0 Å². The number of ether oxygens (including phenoxy) is 1. The van der Waals surface area contributed by atoms with Gasteiger partial charge in [-0.3, -0.25) is 14.4 Å². The number of cyclic esters (lactones) is 1. The first-order valence-corrected chi connectivity index (χ1v) is 13.7. The molecule has 3 saturated carbocycles. The van der Waals surface area contributed by atoms with E-state index in [1.807, 2.05) is 6.92 Å². The van der Waals surface area contributed by atoms with Gasteiger partial charge in [0.15, 0.2) is 0 Å². The molecule has 0 aromatic rings. The number of Topliss-reactive ketones (excluding diaryl/α,β-unsaturated/α-hetero) is 2. The highest BCUT2D eigenvalue weighted by Crippen LogP contribution is 2.75. The fourth-order valence-corrected chi connectivity index (χ4v) is 9.99. The first-order valence-electron chi connectivity index (χ1n) is 13.7. The largest absolute Gasteiger partial charge is 0.458 e. The lowest BCUT2D eigenvalue weighted by molar-refractivity contribution is -0.162. The van der Waals surface area contributed by atoms with Crippen LogP contribution in [0.5, 0.6) is 0 Å². The summed E-state index contributed by atoms with van der Waals surface area (Å²) < 4.78 is 6.22. The normalized spacial score (nSPS) is 46.8. The maximum absolute atomic E-state index is 13.8. The second-order valence-corrected chi connectivity index (χ2v) is 14.1. The van der Waals surface area contributed by atoms with Crippen LogP contribution in [0.2, 0.25) is 0 Å². The molecule has 7 atom stereocenters. The number of carbonyl (C=O) groups is 3. The van der Waals surface area contributed by atoms with E-state index in [4.69, 9.17) is 4.74 Å². The highest BCUT2D eigenvalue weighted by Gasteiger charge is 2.76. The number of carbonyl (C=O) groups excluding carboxylic acids is 3. The summed E-state index contributed by atoms with van der Waals surface area (Å²) in [5.41, 5.74) is -0.0759. The average Bonchev–Trinajstić information content (AvgIpc) is 3.15. The highest BCUT2D eigenvalue weighted by molar-refractivity contribution is 5.87. The van der Waals surface area contributed by atoms with Gasteiger partial charge in [-0.2, -0.15) is 0 Å². The Bertz CT molecular complexity index is 974. The van der Waals surface area contributed by atoms with Crippen molar-refractivity contribution in [3.8, 4) is 0 Å². The summed E-state index contributed by atoms with van der Waals surface area (Å²) in [7, 11) is 0. The maximum Gasteiger partial charge on any atom is 0.313 e. The summed E-state index contributed by atoms with van der Waals surface area (Å²) in [5, 5.41) is 0. The van der Waals surface area contributed by atoms with E-state index in [1.165, 1.54) is 5.57 Å². The summed E-state index contributed by atoms with van der Waals surface area (Å²) in [6.45, 7) is 15.2. The van der Waals surface area contributed by atoms with Crippen LogP contribution in [-0.2, 0) is 19.1 Å². The molecule has 0 bridgehead atoms. The van der Waals surface area contributed by atoms with Gasteiger partial charge in [0.1, 0.15) is 17.2 Å². The smallest absolute Gasteiger partial charge is 0.313 e. The molecule has 1 spiro atoms. The predicted molar refractivity (Wildman–Crippen MR) is 132 cm³/mol. The van der Waals surface area contributed by atoms with Crippen molar-refractivity contribution >= 4 is 17.5 Å². The fraction of sp³-hybridized carbons (Fsp3) is 0.833. The van der Waals surface area contributed by atoms with E-state index in [1.54, 1.807) is 0 Å². The number of esters is 1. The van der Waals surface area contributed by atoms with Gasteiger partial charge in [0.05, 0.1) is 5.41 Å². The lowest BCUT2D eigenvalue weighted by Crippen LogP contribution is -2.58. The van der Waals surface area contributed by atoms with Gasteiger partial charge in [-0.25, -0.2) is 0 Å². The van der Waals surface area contributed by atoms with Gasteiger partial charge in [-0.15, -0.1) is 0 Å². The number of hydrogen-bond donors (Lipinski definition) is 0. The van der Waals surface area contributed by atoms with E-state index in [9.17, 15) is 14.4 Å². The second kappa shape index (κ2) is 7.29. The van der Waals surface area contributed by atoms with Crippen LogP contribution in [0.15, 0.2) is 11.6 Å². The minimum atomic E-state index is -0.688. The Morgan fingerprint density at radius 3 is 2.41 bits per heavy atom. The van der Waals surface area contributed by atoms with Crippen LogP contribution in [0, 0.1) is 45.3 Å². The lowest BCUT2D eigenvalue weighted by atomic mass is 9.41. The molecule has 34 heavy (non-hydrogen) atoms. The van der Waals surface area contributed by atoms with E-state index in [-0.39, 0.29) is 33.9 Å². The van der Waals surface area contributed by atoms with Crippen LogP contribution in [-0.4, -0.2) is 23.1 Å². The Morgan fingerprint density at radius 1 is 1.03 bits per heavy atom. The van der Waals surface area contributed by atoms with Gasteiger partial charge < -0.3 is 4.74 Å². The molecule has 0 radical (unpaired) electrons. The molecule has 1 saturated heterocycles. The van der Waals surface area contributed by atoms with Crippen LogP contribution >= 0.6 is 0 Å². The van der Waals surface area contributed by atoms with Crippen LogP contribution in [0.3, 0.4) is 0 Å². The predicted octanol–water partition coefficient (Wildman–Crippen LogP) is 6.46. The van der Waals surface area contributed by atoms with Crippen molar-refractivity contribution in [2.24, 2.45) is 45.3 Å². The monoisotopic (exact) mass is 468 g/mol. The van der Waals surface area contributed by atoms with Crippen LogP contribution in [0.25, 0.3) is 0 Å². The van der Waals surface area contributed by atoms with Crippen molar-refractivity contribution in [2.45, 2.75) is 112 Å². The van der Waals surface area contributed by atoms with Gasteiger partial charge in [-0.1, -0.05) is 53.2 Å². The van der Waals surface area contributed by atoms with Crippen molar-refractivity contribution in [1.82, 2.24) is 0 Å². The summed E-state index contributed by atoms with van der Waals surface area (Å²) >= 11 is 0. The summed E-state index contributed by atoms with van der Waals surface area (Å²) in [4.78, 5) is 39.5. The van der Waals surface area contributed by atoms with Crippen molar-refractivity contribution in [2.75, 3.05) is 0 Å². The third kappa shape index (κ3) is 2.86. The topological polar surface area (TPSA) is 60.4 Å². The molecular weight excluding hydrogens is 424 g/mol. The maximum atomic E-state index is 13.8. The molecule has 0 N–H and O–H groups in total. The number of ketones is 2. The zero-order chi connectivity index (χ0) is 24.9. The molecule has 4 fully saturated rings. The fourth-order valence-electron chi connectivity index (χ4n) is 9.99. The minimum Gasteiger partial charge on any atom is -0.458 e. The molecule has 0 amide bonds. The Hall–Kier alpha value is -1.45. The molecule has 4 nitrogen and oxygen atoms in total. The third-order valence-corrected chi connectivity index (χ3v) is 11.6. The molecular formula is C30H44O4. The number of allylic oxidation sites excluding steroid dienone is 2. The van der Waals surface area contributed by atoms with Gasteiger partial charge in [0, 0.05) is 30.6 Å². The van der Waals surface area contributed by atoms with Crippen molar-refractivity contribution < 1.29 is 19.1 Å². The van der Waals surface area contributed by atoms with Crippen molar-refractivity contribution in [3.63, 3.8) is 0 Å². The Labute approximate surface area is 205 Å². The molecule has 1 unspecified atom stereocenters. The third-order valence-electron chi connectivity index (χ3n) is 11.6. The van der Waals surface area contributed by atoms with Crippen LogP contribution in [0.1, 0.15) is 106 Å². The highest BCUT2D eigenvalue weighted by atomic mass is 16.6. The summed E-state index contributed by atoms with van der Waals surface area (Å²) in [5.74, 6) is 1.71. The first kappa shape index (κ1) is 24.3. The average molecular weight is 469 g/mol. The molecule has 4 aliphatic carbocycles. The zero-order valence-electron chi connectivity index (χ0n) is 22.4. The zero-order valence-corrected chi connectivity index (χ0v) is 22.4. The Kier molecular flexibility index (Phi) is 5.20. The van der Waals surface area contributed by atoms with Gasteiger partial charge in [-0.05, 0) is 74.0 Å². The molecule has 0 aromatic carbocycles. The van der Waals surface area contributed by atoms with E-state index < -0.39 is 11.0 Å². The Balaban J connectivity index is 1.52. The Morgan fingerprint density at radius 2 is 1.74 bits per heavy atom.